The van der Waals surface area contributed by atoms with Gasteiger partial charge in [0.2, 0.25) is 5.91 Å². The minimum atomic E-state index is -0.349. The van der Waals surface area contributed by atoms with Gasteiger partial charge in [0.05, 0.1) is 3.79 Å². The van der Waals surface area contributed by atoms with Crippen LogP contribution in [0.15, 0.2) is 46.3 Å². The molecule has 1 aromatic heterocycles. The Hall–Kier alpha value is -2.19. The Morgan fingerprint density at radius 2 is 1.69 bits per heavy atom. The van der Waals surface area contributed by atoms with E-state index in [0.29, 0.717) is 31.9 Å². The van der Waals surface area contributed by atoms with Crippen molar-refractivity contribution in [3.63, 3.8) is 0 Å². The van der Waals surface area contributed by atoms with Crippen molar-refractivity contribution >= 4 is 51.0 Å². The molecule has 1 N–H and O–H groups in total. The molecule has 1 aromatic carbocycles. The lowest BCUT2D eigenvalue weighted by atomic mass is 10.3. The van der Waals surface area contributed by atoms with E-state index < -0.39 is 0 Å². The fraction of sp³-hybridized carbons (Fsp3) is 0.222. The van der Waals surface area contributed by atoms with Crippen LogP contribution < -0.4 is 5.32 Å². The first-order chi connectivity index (χ1) is 12.5. The van der Waals surface area contributed by atoms with Gasteiger partial charge in [0.25, 0.3) is 0 Å². The first-order valence-corrected chi connectivity index (χ1v) is 9.66. The van der Waals surface area contributed by atoms with Crippen LogP contribution in [-0.4, -0.2) is 47.9 Å². The van der Waals surface area contributed by atoms with Crippen LogP contribution in [0.5, 0.6) is 0 Å². The SMILES string of the molecule is O=C(/C=C/c1ccc(Br)s1)N1CCN(C(=O)Nc2ccc(F)cc2)CC1. The van der Waals surface area contributed by atoms with Gasteiger partial charge in [-0.05, 0) is 58.4 Å². The van der Waals surface area contributed by atoms with Crippen LogP contribution in [-0.2, 0) is 4.79 Å². The zero-order valence-electron chi connectivity index (χ0n) is 13.8. The maximum atomic E-state index is 12.9. The second kappa shape index (κ2) is 8.46. The van der Waals surface area contributed by atoms with Crippen molar-refractivity contribution in [1.82, 2.24) is 9.80 Å². The highest BCUT2D eigenvalue weighted by atomic mass is 79.9. The highest BCUT2D eigenvalue weighted by molar-refractivity contribution is 9.11. The maximum absolute atomic E-state index is 12.9. The van der Waals surface area contributed by atoms with E-state index in [2.05, 4.69) is 21.2 Å². The minimum Gasteiger partial charge on any atom is -0.336 e. The monoisotopic (exact) mass is 437 g/mol. The Balaban J connectivity index is 1.48. The molecule has 136 valence electrons. The molecule has 26 heavy (non-hydrogen) atoms. The average molecular weight is 438 g/mol. The third-order valence-corrected chi connectivity index (χ3v) is 5.55. The van der Waals surface area contributed by atoms with Gasteiger partial charge in [0, 0.05) is 42.8 Å². The Morgan fingerprint density at radius 1 is 1.04 bits per heavy atom. The van der Waals surface area contributed by atoms with Gasteiger partial charge in [0.1, 0.15) is 5.82 Å². The number of piperazine rings is 1. The lowest BCUT2D eigenvalue weighted by Gasteiger charge is -2.34. The molecule has 0 aliphatic carbocycles. The maximum Gasteiger partial charge on any atom is 0.321 e. The molecule has 2 heterocycles. The van der Waals surface area contributed by atoms with Crippen LogP contribution in [0.1, 0.15) is 4.88 Å². The highest BCUT2D eigenvalue weighted by Crippen LogP contribution is 2.23. The van der Waals surface area contributed by atoms with Crippen LogP contribution in [0.2, 0.25) is 0 Å². The number of rotatable bonds is 3. The molecule has 1 saturated heterocycles. The van der Waals surface area contributed by atoms with Gasteiger partial charge >= 0.3 is 6.03 Å². The molecule has 2 aromatic rings. The lowest BCUT2D eigenvalue weighted by molar-refractivity contribution is -0.127. The van der Waals surface area contributed by atoms with Crippen LogP contribution in [0.25, 0.3) is 6.08 Å². The zero-order valence-corrected chi connectivity index (χ0v) is 16.2. The number of carbonyl (C=O) groups is 2. The predicted octanol–water partition coefficient (Wildman–Crippen LogP) is 4.04. The third kappa shape index (κ3) is 4.92. The molecule has 0 saturated carbocycles. The van der Waals surface area contributed by atoms with Crippen LogP contribution >= 0.6 is 27.3 Å². The van der Waals surface area contributed by atoms with E-state index in [1.807, 2.05) is 12.1 Å². The minimum absolute atomic E-state index is 0.0619. The number of nitrogens with zero attached hydrogens (tertiary/aromatic N) is 2. The molecule has 1 aliphatic heterocycles. The molecule has 1 aliphatic rings. The Bertz CT molecular complexity index is 814. The normalized spacial score (nSPS) is 14.7. The quantitative estimate of drug-likeness (QED) is 0.736. The molecular weight excluding hydrogens is 421 g/mol. The van der Waals surface area contributed by atoms with Crippen molar-refractivity contribution in [3.8, 4) is 0 Å². The summed E-state index contributed by atoms with van der Waals surface area (Å²) in [6, 6.07) is 9.25. The summed E-state index contributed by atoms with van der Waals surface area (Å²) in [4.78, 5) is 28.9. The summed E-state index contributed by atoms with van der Waals surface area (Å²) in [5.74, 6) is -0.411. The van der Waals surface area contributed by atoms with E-state index in [-0.39, 0.29) is 17.8 Å². The predicted molar refractivity (Wildman–Crippen MR) is 105 cm³/mol. The Labute approximate surface area is 163 Å². The van der Waals surface area contributed by atoms with E-state index >= 15 is 0 Å². The molecule has 1 fully saturated rings. The van der Waals surface area contributed by atoms with Gasteiger partial charge in [0.15, 0.2) is 0 Å². The standard InChI is InChI=1S/C18H17BrFN3O2S/c19-16-7-5-15(26-16)6-8-17(24)22-9-11-23(12-10-22)18(25)21-14-3-1-13(20)2-4-14/h1-8H,9-12H2,(H,21,25)/b8-6+. The van der Waals surface area contributed by atoms with Gasteiger partial charge < -0.3 is 15.1 Å². The number of carbonyl (C=O) groups excluding carboxylic acids is 2. The number of hydrogen-bond donors (Lipinski definition) is 1. The smallest absolute Gasteiger partial charge is 0.321 e. The fourth-order valence-corrected chi connectivity index (χ4v) is 3.87. The molecule has 0 radical (unpaired) electrons. The fourth-order valence-electron chi connectivity index (χ4n) is 2.54. The molecular formula is C18H17BrFN3O2S. The van der Waals surface area contributed by atoms with Crippen LogP contribution in [0.3, 0.4) is 0 Å². The van der Waals surface area contributed by atoms with Gasteiger partial charge in [-0.2, -0.15) is 0 Å². The number of urea groups is 1. The van der Waals surface area contributed by atoms with Gasteiger partial charge in [-0.3, -0.25) is 4.79 Å². The molecule has 0 spiro atoms. The summed E-state index contributed by atoms with van der Waals surface area (Å²) in [7, 11) is 0. The van der Waals surface area contributed by atoms with E-state index in [1.165, 1.54) is 24.3 Å². The second-order valence-electron chi connectivity index (χ2n) is 5.72. The molecule has 5 nitrogen and oxygen atoms in total. The highest BCUT2D eigenvalue weighted by Gasteiger charge is 2.23. The molecule has 3 rings (SSSR count). The largest absolute Gasteiger partial charge is 0.336 e. The topological polar surface area (TPSA) is 52.7 Å². The number of benzene rings is 1. The zero-order chi connectivity index (χ0) is 18.5. The van der Waals surface area contributed by atoms with Crippen molar-refractivity contribution in [2.75, 3.05) is 31.5 Å². The van der Waals surface area contributed by atoms with Gasteiger partial charge in [-0.1, -0.05) is 0 Å². The van der Waals surface area contributed by atoms with E-state index in [9.17, 15) is 14.0 Å². The van der Waals surface area contributed by atoms with Gasteiger partial charge in [-0.25, -0.2) is 9.18 Å². The Kier molecular flexibility index (Phi) is 6.05. The van der Waals surface area contributed by atoms with Crippen molar-refractivity contribution in [2.45, 2.75) is 0 Å². The van der Waals surface area contributed by atoms with Crippen molar-refractivity contribution < 1.29 is 14.0 Å². The lowest BCUT2D eigenvalue weighted by Crippen LogP contribution is -2.51. The number of hydrogen-bond acceptors (Lipinski definition) is 3. The average Bonchev–Trinajstić information content (AvgIpc) is 3.07. The van der Waals surface area contributed by atoms with E-state index in [1.54, 1.807) is 33.3 Å². The third-order valence-electron chi connectivity index (χ3n) is 3.96. The van der Waals surface area contributed by atoms with Crippen molar-refractivity contribution in [3.05, 3.63) is 57.0 Å². The number of thiophene rings is 1. The van der Waals surface area contributed by atoms with Gasteiger partial charge in [-0.15, -0.1) is 11.3 Å². The van der Waals surface area contributed by atoms with Crippen molar-refractivity contribution in [2.24, 2.45) is 0 Å². The molecule has 0 atom stereocenters. The number of anilines is 1. The number of halogens is 2. The van der Waals surface area contributed by atoms with E-state index in [4.69, 9.17) is 0 Å². The first-order valence-electron chi connectivity index (χ1n) is 8.05. The van der Waals surface area contributed by atoms with Crippen molar-refractivity contribution in [1.29, 1.82) is 0 Å². The first kappa shape index (κ1) is 18.6. The summed E-state index contributed by atoms with van der Waals surface area (Å²) in [6.07, 6.45) is 3.36. The Morgan fingerprint density at radius 3 is 2.31 bits per heavy atom. The second-order valence-corrected chi connectivity index (χ2v) is 8.22. The molecule has 0 unspecified atom stereocenters. The summed E-state index contributed by atoms with van der Waals surface area (Å²) in [5, 5.41) is 2.73. The number of nitrogens with one attached hydrogen (secondary N) is 1. The summed E-state index contributed by atoms with van der Waals surface area (Å²) in [6.45, 7) is 1.87. The van der Waals surface area contributed by atoms with Crippen LogP contribution in [0, 0.1) is 5.82 Å². The van der Waals surface area contributed by atoms with Crippen LogP contribution in [0.4, 0.5) is 14.9 Å². The summed E-state index contributed by atoms with van der Waals surface area (Å²) in [5.41, 5.74) is 0.542. The number of amides is 3. The van der Waals surface area contributed by atoms with E-state index in [0.717, 1.165) is 8.66 Å². The molecule has 3 amide bonds. The molecule has 8 heteroatoms. The molecule has 0 bridgehead atoms. The summed E-state index contributed by atoms with van der Waals surface area (Å²) < 4.78 is 13.9. The summed E-state index contributed by atoms with van der Waals surface area (Å²) >= 11 is 4.95.